The summed E-state index contributed by atoms with van der Waals surface area (Å²) >= 11 is 1.36. The van der Waals surface area contributed by atoms with E-state index in [-0.39, 0.29) is 12.5 Å². The van der Waals surface area contributed by atoms with Crippen molar-refractivity contribution < 1.29 is 9.90 Å². The second-order valence-electron chi connectivity index (χ2n) is 3.76. The van der Waals surface area contributed by atoms with Crippen molar-refractivity contribution in [3.05, 3.63) is 15.6 Å². The van der Waals surface area contributed by atoms with Crippen molar-refractivity contribution in [1.29, 1.82) is 0 Å². The lowest BCUT2D eigenvalue weighted by molar-refractivity contribution is 0.0941. The maximum Gasteiger partial charge on any atom is 0.263 e. The molecule has 0 aliphatic heterocycles. The fourth-order valence-electron chi connectivity index (χ4n) is 1.20. The molecule has 1 aromatic rings. The minimum Gasteiger partial charge on any atom is -0.392 e. The summed E-state index contributed by atoms with van der Waals surface area (Å²) < 4.78 is 0. The van der Waals surface area contributed by atoms with Crippen LogP contribution in [0.3, 0.4) is 0 Å². The second kappa shape index (κ2) is 5.38. The first-order valence-electron chi connectivity index (χ1n) is 5.07. The third-order valence-corrected chi connectivity index (χ3v) is 3.30. The van der Waals surface area contributed by atoms with E-state index >= 15 is 0 Å². The smallest absolute Gasteiger partial charge is 0.263 e. The molecule has 0 aliphatic carbocycles. The van der Waals surface area contributed by atoms with Crippen LogP contribution >= 0.6 is 11.3 Å². The Labute approximate surface area is 98.7 Å². The summed E-state index contributed by atoms with van der Waals surface area (Å²) in [5, 5.41) is 12.7. The van der Waals surface area contributed by atoms with E-state index in [9.17, 15) is 9.90 Å². The van der Waals surface area contributed by atoms with E-state index < -0.39 is 12.1 Å². The highest BCUT2D eigenvalue weighted by Crippen LogP contribution is 2.16. The Morgan fingerprint density at radius 2 is 2.25 bits per heavy atom. The van der Waals surface area contributed by atoms with E-state index in [2.05, 4.69) is 10.3 Å². The number of carbonyl (C=O) groups is 1. The van der Waals surface area contributed by atoms with Gasteiger partial charge in [0.25, 0.3) is 5.91 Å². The quantitative estimate of drug-likeness (QED) is 0.704. The van der Waals surface area contributed by atoms with Crippen molar-refractivity contribution in [2.75, 3.05) is 6.54 Å². The van der Waals surface area contributed by atoms with Crippen molar-refractivity contribution in [2.45, 2.75) is 32.9 Å². The van der Waals surface area contributed by atoms with Crippen LogP contribution in [0.5, 0.6) is 0 Å². The lowest BCUT2D eigenvalue weighted by atomic mass is 10.2. The molecule has 0 radical (unpaired) electrons. The molecule has 2 unspecified atom stereocenters. The number of nitrogens with zero attached hydrogens (tertiary/aromatic N) is 1. The Balaban J connectivity index is 2.56. The van der Waals surface area contributed by atoms with Crippen molar-refractivity contribution in [3.63, 3.8) is 0 Å². The summed E-state index contributed by atoms with van der Waals surface area (Å²) in [7, 11) is 0. The van der Waals surface area contributed by atoms with Crippen LogP contribution in [0.25, 0.3) is 0 Å². The molecule has 0 saturated carbocycles. The molecule has 16 heavy (non-hydrogen) atoms. The first-order chi connectivity index (χ1) is 7.41. The van der Waals surface area contributed by atoms with Crippen LogP contribution < -0.4 is 11.1 Å². The van der Waals surface area contributed by atoms with Crippen molar-refractivity contribution in [2.24, 2.45) is 5.73 Å². The molecule has 5 nitrogen and oxygen atoms in total. The van der Waals surface area contributed by atoms with Gasteiger partial charge in [-0.2, -0.15) is 0 Å². The number of rotatable bonds is 4. The highest BCUT2D eigenvalue weighted by atomic mass is 32.1. The number of aryl methyl sites for hydroxylation is 2. The number of thiazole rings is 1. The molecule has 0 fully saturated rings. The Hall–Kier alpha value is -0.980. The normalized spacial score (nSPS) is 14.6. The van der Waals surface area contributed by atoms with E-state index in [4.69, 9.17) is 5.73 Å². The van der Waals surface area contributed by atoms with Crippen LogP contribution in [0.15, 0.2) is 0 Å². The molecule has 0 aromatic carbocycles. The third-order valence-electron chi connectivity index (χ3n) is 2.23. The molecule has 2 atom stereocenters. The van der Waals surface area contributed by atoms with Gasteiger partial charge in [-0.25, -0.2) is 4.98 Å². The highest BCUT2D eigenvalue weighted by Gasteiger charge is 2.15. The van der Waals surface area contributed by atoms with Gasteiger partial charge in [0.1, 0.15) is 4.88 Å². The van der Waals surface area contributed by atoms with E-state index in [1.54, 1.807) is 13.8 Å². The maximum absolute atomic E-state index is 11.7. The number of nitrogens with two attached hydrogens (primary N) is 1. The lowest BCUT2D eigenvalue weighted by Gasteiger charge is -2.14. The average Bonchev–Trinajstić information content (AvgIpc) is 2.53. The Morgan fingerprint density at radius 1 is 1.62 bits per heavy atom. The molecule has 1 heterocycles. The van der Waals surface area contributed by atoms with Crippen LogP contribution in [-0.4, -0.2) is 34.7 Å². The predicted molar refractivity (Wildman–Crippen MR) is 63.6 cm³/mol. The van der Waals surface area contributed by atoms with Gasteiger partial charge in [-0.15, -0.1) is 11.3 Å². The molecule has 4 N–H and O–H groups in total. The zero-order valence-electron chi connectivity index (χ0n) is 9.65. The van der Waals surface area contributed by atoms with Crippen molar-refractivity contribution >= 4 is 17.2 Å². The molecule has 1 amide bonds. The summed E-state index contributed by atoms with van der Waals surface area (Å²) in [6, 6.07) is -0.446. The fraction of sp³-hybridized carbons (Fsp3) is 0.600. The number of amides is 1. The molecule has 1 rings (SSSR count). The Kier molecular flexibility index (Phi) is 4.40. The summed E-state index contributed by atoms with van der Waals surface area (Å²) in [5.41, 5.74) is 6.34. The third kappa shape index (κ3) is 3.26. The number of hydrogen-bond acceptors (Lipinski definition) is 5. The van der Waals surface area contributed by atoms with Gasteiger partial charge < -0.3 is 16.2 Å². The molecule has 90 valence electrons. The van der Waals surface area contributed by atoms with Crippen LogP contribution in [0.2, 0.25) is 0 Å². The topological polar surface area (TPSA) is 88.2 Å². The van der Waals surface area contributed by atoms with Gasteiger partial charge >= 0.3 is 0 Å². The standard InChI is InChI=1S/C10H17N3O2S/c1-5-9(16-7(3)13-5)10(15)12-4-8(11)6(2)14/h6,8,14H,4,11H2,1-3H3,(H,12,15). The highest BCUT2D eigenvalue weighted by molar-refractivity contribution is 7.13. The van der Waals surface area contributed by atoms with E-state index in [0.717, 1.165) is 10.7 Å². The number of hydrogen-bond donors (Lipinski definition) is 3. The molecule has 0 saturated heterocycles. The summed E-state index contributed by atoms with van der Waals surface area (Å²) in [4.78, 5) is 16.5. The minimum absolute atomic E-state index is 0.181. The van der Waals surface area contributed by atoms with Crippen LogP contribution in [-0.2, 0) is 0 Å². The van der Waals surface area contributed by atoms with E-state index in [1.165, 1.54) is 11.3 Å². The largest absolute Gasteiger partial charge is 0.392 e. The monoisotopic (exact) mass is 243 g/mol. The molecule has 6 heteroatoms. The van der Waals surface area contributed by atoms with Crippen LogP contribution in [0, 0.1) is 13.8 Å². The molecule has 1 aromatic heterocycles. The fourth-order valence-corrected chi connectivity index (χ4v) is 2.04. The number of nitrogens with one attached hydrogen (secondary N) is 1. The van der Waals surface area contributed by atoms with Gasteiger partial charge in [-0.05, 0) is 20.8 Å². The van der Waals surface area contributed by atoms with E-state index in [0.29, 0.717) is 4.88 Å². The Bertz CT molecular complexity index is 376. The molecular formula is C10H17N3O2S. The first-order valence-corrected chi connectivity index (χ1v) is 5.89. The van der Waals surface area contributed by atoms with Gasteiger partial charge in [0.2, 0.25) is 0 Å². The maximum atomic E-state index is 11.7. The molecule has 0 spiro atoms. The van der Waals surface area contributed by atoms with Gasteiger partial charge in [-0.1, -0.05) is 0 Å². The Morgan fingerprint density at radius 3 is 2.69 bits per heavy atom. The lowest BCUT2D eigenvalue weighted by Crippen LogP contribution is -2.43. The van der Waals surface area contributed by atoms with E-state index in [1.807, 2.05) is 6.92 Å². The van der Waals surface area contributed by atoms with Gasteiger partial charge in [0, 0.05) is 12.6 Å². The summed E-state index contributed by atoms with van der Waals surface area (Å²) in [6.07, 6.45) is -0.635. The molecular weight excluding hydrogens is 226 g/mol. The number of aliphatic hydroxyl groups excluding tert-OH is 1. The van der Waals surface area contributed by atoms with Gasteiger partial charge in [0.15, 0.2) is 0 Å². The number of carbonyl (C=O) groups excluding carboxylic acids is 1. The van der Waals surface area contributed by atoms with Crippen LogP contribution in [0.4, 0.5) is 0 Å². The van der Waals surface area contributed by atoms with Crippen LogP contribution in [0.1, 0.15) is 27.3 Å². The minimum atomic E-state index is -0.635. The van der Waals surface area contributed by atoms with Gasteiger partial charge in [-0.3, -0.25) is 4.79 Å². The summed E-state index contributed by atoms with van der Waals surface area (Å²) in [5.74, 6) is -0.181. The molecule has 0 bridgehead atoms. The average molecular weight is 243 g/mol. The zero-order valence-corrected chi connectivity index (χ0v) is 10.5. The number of aliphatic hydroxyl groups is 1. The first kappa shape index (κ1) is 13.1. The summed E-state index contributed by atoms with van der Waals surface area (Å²) in [6.45, 7) is 5.51. The van der Waals surface area contributed by atoms with Crippen molar-refractivity contribution in [1.82, 2.24) is 10.3 Å². The van der Waals surface area contributed by atoms with Crippen molar-refractivity contribution in [3.8, 4) is 0 Å². The number of aromatic nitrogens is 1. The predicted octanol–water partition coefficient (Wildman–Crippen LogP) is 0.198. The van der Waals surface area contributed by atoms with Gasteiger partial charge in [0.05, 0.1) is 16.8 Å². The zero-order chi connectivity index (χ0) is 12.3. The second-order valence-corrected chi connectivity index (χ2v) is 4.97. The molecule has 0 aliphatic rings. The SMILES string of the molecule is Cc1nc(C)c(C(=O)NCC(N)C(C)O)s1.